The van der Waals surface area contributed by atoms with Crippen molar-refractivity contribution in [3.8, 4) is 6.07 Å². The fraction of sp³-hybridized carbons (Fsp3) is 0.0769. The first-order valence-corrected chi connectivity index (χ1v) is 9.91. The molecule has 2 aromatic heterocycles. The maximum absolute atomic E-state index is 9.82. The van der Waals surface area contributed by atoms with Crippen molar-refractivity contribution in [2.24, 2.45) is 0 Å². The van der Waals surface area contributed by atoms with Crippen LogP contribution in [0.15, 0.2) is 79.0 Å². The average molecular weight is 388 g/mol. The van der Waals surface area contributed by atoms with Crippen LogP contribution in [-0.2, 0) is 6.54 Å². The Balaban J connectivity index is 1.59. The highest BCUT2D eigenvalue weighted by molar-refractivity contribution is 5.98. The minimum Gasteiger partial charge on any atom is -0.342 e. The van der Waals surface area contributed by atoms with Crippen LogP contribution in [0.4, 0.5) is 0 Å². The Morgan fingerprint density at radius 1 is 1.03 bits per heavy atom. The second-order valence-electron chi connectivity index (χ2n) is 7.49. The van der Waals surface area contributed by atoms with Gasteiger partial charge in [0.1, 0.15) is 11.9 Å². The molecule has 0 amide bonds. The summed E-state index contributed by atoms with van der Waals surface area (Å²) < 4.78 is 2.24. The molecule has 5 aromatic rings. The molecule has 3 aromatic carbocycles. The third-order valence-corrected chi connectivity index (χ3v) is 5.36. The number of aromatic amines is 1. The Morgan fingerprint density at radius 3 is 2.60 bits per heavy atom. The minimum absolute atomic E-state index is 0.518. The molecule has 5 rings (SSSR count). The number of nitrogens with one attached hydrogen (secondary N) is 1. The fourth-order valence-corrected chi connectivity index (χ4v) is 3.80. The standard InChI is InChI=1S/C26H20N4/c1-18-10-12-19(13-11-18)16-30-17-21(22-6-2-5-9-25(22)30)14-20(15-27)26-28-23-7-3-4-8-24(23)29-26/h2-14,17H,16H2,1H3,(H,28,29)/b20-14-. The molecule has 0 fully saturated rings. The molecule has 30 heavy (non-hydrogen) atoms. The van der Waals surface area contributed by atoms with Crippen LogP contribution in [0.1, 0.15) is 22.5 Å². The molecule has 144 valence electrons. The van der Waals surface area contributed by atoms with Crippen molar-refractivity contribution in [2.45, 2.75) is 13.5 Å². The zero-order valence-corrected chi connectivity index (χ0v) is 16.6. The lowest BCUT2D eigenvalue weighted by atomic mass is 10.1. The number of nitriles is 1. The van der Waals surface area contributed by atoms with Crippen LogP contribution < -0.4 is 0 Å². The predicted molar refractivity (Wildman–Crippen MR) is 122 cm³/mol. The van der Waals surface area contributed by atoms with E-state index in [4.69, 9.17) is 0 Å². The summed E-state index contributed by atoms with van der Waals surface area (Å²) in [4.78, 5) is 7.85. The number of benzene rings is 3. The maximum atomic E-state index is 9.82. The number of hydrogen-bond acceptors (Lipinski definition) is 2. The van der Waals surface area contributed by atoms with Crippen LogP contribution in [0.25, 0.3) is 33.6 Å². The average Bonchev–Trinajstić information content (AvgIpc) is 3.35. The number of rotatable bonds is 4. The Hall–Kier alpha value is -4.10. The number of para-hydroxylation sites is 3. The first-order chi connectivity index (χ1) is 14.7. The molecule has 0 aliphatic rings. The van der Waals surface area contributed by atoms with Gasteiger partial charge in [0.2, 0.25) is 0 Å². The molecule has 0 aliphatic carbocycles. The van der Waals surface area contributed by atoms with Gasteiger partial charge in [0.25, 0.3) is 0 Å². The Bertz CT molecular complexity index is 1390. The van der Waals surface area contributed by atoms with Crippen LogP contribution in [0.2, 0.25) is 0 Å². The van der Waals surface area contributed by atoms with Crippen molar-refractivity contribution in [2.75, 3.05) is 0 Å². The van der Waals surface area contributed by atoms with Crippen LogP contribution in [0.3, 0.4) is 0 Å². The van der Waals surface area contributed by atoms with Crippen molar-refractivity contribution in [1.29, 1.82) is 5.26 Å². The molecule has 4 nitrogen and oxygen atoms in total. The minimum atomic E-state index is 0.518. The lowest BCUT2D eigenvalue weighted by molar-refractivity contribution is 0.836. The Morgan fingerprint density at radius 2 is 1.80 bits per heavy atom. The van der Waals surface area contributed by atoms with E-state index in [1.165, 1.54) is 11.1 Å². The van der Waals surface area contributed by atoms with Gasteiger partial charge < -0.3 is 9.55 Å². The lowest BCUT2D eigenvalue weighted by Gasteiger charge is -2.06. The number of fused-ring (bicyclic) bond motifs is 2. The quantitative estimate of drug-likeness (QED) is 0.387. The molecular weight excluding hydrogens is 368 g/mol. The fourth-order valence-electron chi connectivity index (χ4n) is 3.80. The first kappa shape index (κ1) is 18.0. The third-order valence-electron chi connectivity index (χ3n) is 5.36. The summed E-state index contributed by atoms with van der Waals surface area (Å²) in [6.45, 7) is 2.88. The number of aromatic nitrogens is 3. The molecule has 0 bridgehead atoms. The summed E-state index contributed by atoms with van der Waals surface area (Å²) in [6, 6.07) is 27.0. The van der Waals surface area contributed by atoms with Crippen LogP contribution >= 0.6 is 0 Å². The third kappa shape index (κ3) is 3.27. The van der Waals surface area contributed by atoms with E-state index >= 15 is 0 Å². The van der Waals surface area contributed by atoms with Crippen LogP contribution in [0, 0.1) is 18.3 Å². The van der Waals surface area contributed by atoms with Gasteiger partial charge in [-0.3, -0.25) is 0 Å². The number of aryl methyl sites for hydroxylation is 1. The number of H-pyrrole nitrogens is 1. The normalized spacial score (nSPS) is 11.8. The summed E-state index contributed by atoms with van der Waals surface area (Å²) in [7, 11) is 0. The van der Waals surface area contributed by atoms with Crippen molar-refractivity contribution >= 4 is 33.6 Å². The highest BCUT2D eigenvalue weighted by Gasteiger charge is 2.11. The van der Waals surface area contributed by atoms with Crippen molar-refractivity contribution in [3.05, 3.63) is 102 Å². The van der Waals surface area contributed by atoms with E-state index in [9.17, 15) is 5.26 Å². The molecule has 0 atom stereocenters. The number of allylic oxidation sites excluding steroid dienone is 1. The van der Waals surface area contributed by atoms with Gasteiger partial charge >= 0.3 is 0 Å². The van der Waals surface area contributed by atoms with Gasteiger partial charge in [-0.05, 0) is 36.8 Å². The number of imidazole rings is 1. The second-order valence-corrected chi connectivity index (χ2v) is 7.49. The summed E-state index contributed by atoms with van der Waals surface area (Å²) >= 11 is 0. The van der Waals surface area contributed by atoms with E-state index < -0.39 is 0 Å². The highest BCUT2D eigenvalue weighted by atomic mass is 15.0. The van der Waals surface area contributed by atoms with Crippen LogP contribution in [0.5, 0.6) is 0 Å². The molecule has 0 spiro atoms. The van der Waals surface area contributed by atoms with Gasteiger partial charge in [-0.15, -0.1) is 0 Å². The zero-order valence-electron chi connectivity index (χ0n) is 16.6. The molecule has 0 aliphatic heterocycles. The van der Waals surface area contributed by atoms with E-state index in [0.717, 1.165) is 34.0 Å². The smallest absolute Gasteiger partial charge is 0.149 e. The molecule has 0 saturated carbocycles. The molecule has 0 radical (unpaired) electrons. The predicted octanol–water partition coefficient (Wildman–Crippen LogP) is 5.94. The first-order valence-electron chi connectivity index (χ1n) is 9.91. The summed E-state index contributed by atoms with van der Waals surface area (Å²) in [5.74, 6) is 0.592. The van der Waals surface area contributed by atoms with Crippen molar-refractivity contribution in [3.63, 3.8) is 0 Å². The lowest BCUT2D eigenvalue weighted by Crippen LogP contribution is -1.97. The maximum Gasteiger partial charge on any atom is 0.149 e. The molecule has 1 N–H and O–H groups in total. The number of nitrogens with zero attached hydrogens (tertiary/aromatic N) is 3. The van der Waals surface area contributed by atoms with Gasteiger partial charge in [0, 0.05) is 29.2 Å². The van der Waals surface area contributed by atoms with Crippen molar-refractivity contribution < 1.29 is 0 Å². The molecule has 0 unspecified atom stereocenters. The second kappa shape index (κ2) is 7.38. The van der Waals surface area contributed by atoms with E-state index in [1.807, 2.05) is 42.5 Å². The molecule has 0 saturated heterocycles. The summed E-state index contributed by atoms with van der Waals surface area (Å²) in [6.07, 6.45) is 4.04. The largest absolute Gasteiger partial charge is 0.342 e. The van der Waals surface area contributed by atoms with E-state index in [2.05, 4.69) is 70.1 Å². The summed E-state index contributed by atoms with van der Waals surface area (Å²) in [5, 5.41) is 10.9. The van der Waals surface area contributed by atoms with Gasteiger partial charge in [-0.25, -0.2) is 4.98 Å². The summed E-state index contributed by atoms with van der Waals surface area (Å²) in [5.41, 5.74) is 6.95. The number of hydrogen-bond donors (Lipinski definition) is 1. The van der Waals surface area contributed by atoms with Gasteiger partial charge in [-0.1, -0.05) is 60.2 Å². The van der Waals surface area contributed by atoms with Crippen molar-refractivity contribution in [1.82, 2.24) is 14.5 Å². The zero-order chi connectivity index (χ0) is 20.5. The van der Waals surface area contributed by atoms with E-state index in [1.54, 1.807) is 0 Å². The molecule has 4 heteroatoms. The van der Waals surface area contributed by atoms with E-state index in [-0.39, 0.29) is 0 Å². The SMILES string of the molecule is Cc1ccc(Cn2cc(/C=C(/C#N)c3nc4ccccc4[nH]3)c3ccccc32)cc1. The van der Waals surface area contributed by atoms with Gasteiger partial charge in [0.05, 0.1) is 16.6 Å². The molecular formula is C26H20N4. The highest BCUT2D eigenvalue weighted by Crippen LogP contribution is 2.27. The monoisotopic (exact) mass is 388 g/mol. The Kier molecular flexibility index (Phi) is 4.42. The van der Waals surface area contributed by atoms with Gasteiger partial charge in [0.15, 0.2) is 0 Å². The van der Waals surface area contributed by atoms with Gasteiger partial charge in [-0.2, -0.15) is 5.26 Å². The topological polar surface area (TPSA) is 57.4 Å². The van der Waals surface area contributed by atoms with Crippen LogP contribution in [-0.4, -0.2) is 14.5 Å². The van der Waals surface area contributed by atoms with E-state index in [0.29, 0.717) is 11.4 Å². The Labute approximate surface area is 174 Å². The molecule has 2 heterocycles.